The van der Waals surface area contributed by atoms with Gasteiger partial charge in [-0.1, -0.05) is 11.6 Å². The zero-order valence-electron chi connectivity index (χ0n) is 8.46. The normalized spacial score (nSPS) is 10.2. The van der Waals surface area contributed by atoms with E-state index < -0.39 is 0 Å². The molecule has 2 nitrogen and oxygen atoms in total. The lowest BCUT2D eigenvalue weighted by Crippen LogP contribution is -2.20. The number of hydrogen-bond donors (Lipinski definition) is 1. The summed E-state index contributed by atoms with van der Waals surface area (Å²) < 4.78 is 0. The molecule has 0 aliphatic rings. The Labute approximate surface area is 94.4 Å². The zero-order chi connectivity index (χ0) is 10.6. The van der Waals surface area contributed by atoms with Crippen molar-refractivity contribution in [1.29, 1.82) is 0 Å². The number of nitrogens with zero attached hydrogens (tertiary/aromatic N) is 1. The van der Waals surface area contributed by atoms with Crippen LogP contribution in [0.5, 0.6) is 0 Å². The van der Waals surface area contributed by atoms with Crippen LogP contribution >= 0.6 is 23.4 Å². The molecule has 0 bridgehead atoms. The predicted octanol–water partition coefficient (Wildman–Crippen LogP) is 2.72. The maximum absolute atomic E-state index is 6.07. The van der Waals surface area contributed by atoms with Gasteiger partial charge in [0.05, 0.1) is 10.7 Å². The predicted molar refractivity (Wildman–Crippen MR) is 67.5 cm³/mol. The summed E-state index contributed by atoms with van der Waals surface area (Å²) in [5, 5.41) is 0.716. The van der Waals surface area contributed by atoms with Crippen molar-refractivity contribution in [2.24, 2.45) is 0 Å². The van der Waals surface area contributed by atoms with Crippen molar-refractivity contribution >= 4 is 34.7 Å². The number of anilines is 2. The first-order valence-electron chi connectivity index (χ1n) is 4.40. The molecule has 0 atom stereocenters. The van der Waals surface area contributed by atoms with E-state index in [1.54, 1.807) is 6.07 Å². The van der Waals surface area contributed by atoms with Crippen LogP contribution in [-0.4, -0.2) is 25.6 Å². The van der Waals surface area contributed by atoms with Crippen molar-refractivity contribution in [2.75, 3.05) is 36.2 Å². The average molecular weight is 231 g/mol. The van der Waals surface area contributed by atoms with E-state index in [-0.39, 0.29) is 0 Å². The summed E-state index contributed by atoms with van der Waals surface area (Å²) in [4.78, 5) is 2.14. The highest BCUT2D eigenvalue weighted by Crippen LogP contribution is 2.26. The van der Waals surface area contributed by atoms with Crippen LogP contribution in [0, 0.1) is 0 Å². The summed E-state index contributed by atoms with van der Waals surface area (Å²) in [6.07, 6.45) is 2.10. The lowest BCUT2D eigenvalue weighted by molar-refractivity contribution is 0.979. The van der Waals surface area contributed by atoms with Gasteiger partial charge in [0, 0.05) is 25.0 Å². The summed E-state index contributed by atoms with van der Waals surface area (Å²) in [6, 6.07) is 5.61. The minimum Gasteiger partial charge on any atom is -0.399 e. The molecule has 0 saturated heterocycles. The second-order valence-corrected chi connectivity index (χ2v) is 4.52. The van der Waals surface area contributed by atoms with Crippen LogP contribution in [0.1, 0.15) is 0 Å². The number of benzene rings is 1. The van der Waals surface area contributed by atoms with E-state index >= 15 is 0 Å². The van der Waals surface area contributed by atoms with Crippen LogP contribution in [0.4, 0.5) is 11.4 Å². The van der Waals surface area contributed by atoms with Gasteiger partial charge in [0.1, 0.15) is 0 Å². The molecule has 0 fully saturated rings. The van der Waals surface area contributed by atoms with Gasteiger partial charge in [-0.05, 0) is 24.5 Å². The fourth-order valence-electron chi connectivity index (χ4n) is 1.18. The van der Waals surface area contributed by atoms with E-state index in [1.165, 1.54) is 0 Å². The molecular formula is C10H15ClN2S. The van der Waals surface area contributed by atoms with Crippen LogP contribution in [0.25, 0.3) is 0 Å². The lowest BCUT2D eigenvalue weighted by Gasteiger charge is -2.20. The zero-order valence-corrected chi connectivity index (χ0v) is 10.0. The van der Waals surface area contributed by atoms with Gasteiger partial charge in [0.15, 0.2) is 0 Å². The fourth-order valence-corrected chi connectivity index (χ4v) is 1.97. The molecule has 1 aromatic carbocycles. The third-order valence-corrected chi connectivity index (χ3v) is 2.91. The van der Waals surface area contributed by atoms with E-state index in [1.807, 2.05) is 30.9 Å². The van der Waals surface area contributed by atoms with Gasteiger partial charge in [0.25, 0.3) is 0 Å². The summed E-state index contributed by atoms with van der Waals surface area (Å²) in [6.45, 7) is 0.991. The van der Waals surface area contributed by atoms with E-state index in [4.69, 9.17) is 17.3 Å². The Kier molecular flexibility index (Phi) is 4.42. The van der Waals surface area contributed by atoms with Crippen molar-refractivity contribution in [2.45, 2.75) is 0 Å². The Morgan fingerprint density at radius 1 is 1.50 bits per heavy atom. The summed E-state index contributed by atoms with van der Waals surface area (Å²) >= 11 is 7.90. The first-order valence-corrected chi connectivity index (χ1v) is 6.17. The monoisotopic (exact) mass is 230 g/mol. The molecule has 0 aliphatic heterocycles. The van der Waals surface area contributed by atoms with Crippen molar-refractivity contribution in [1.82, 2.24) is 0 Å². The topological polar surface area (TPSA) is 29.3 Å². The van der Waals surface area contributed by atoms with Gasteiger partial charge in [-0.3, -0.25) is 0 Å². The SMILES string of the molecule is CSCCN(C)c1ccc(N)cc1Cl. The molecule has 0 aromatic heterocycles. The lowest BCUT2D eigenvalue weighted by atomic mass is 10.2. The number of thioether (sulfide) groups is 1. The second kappa shape index (κ2) is 5.37. The molecule has 0 unspecified atom stereocenters. The Morgan fingerprint density at radius 3 is 2.79 bits per heavy atom. The molecule has 0 amide bonds. The van der Waals surface area contributed by atoms with Gasteiger partial charge in [-0.25, -0.2) is 0 Å². The molecular weight excluding hydrogens is 216 g/mol. The summed E-state index contributed by atoms with van der Waals surface area (Å²) in [5.41, 5.74) is 7.36. The van der Waals surface area contributed by atoms with Crippen molar-refractivity contribution in [3.63, 3.8) is 0 Å². The Morgan fingerprint density at radius 2 is 2.21 bits per heavy atom. The summed E-state index contributed by atoms with van der Waals surface area (Å²) in [7, 11) is 2.04. The molecule has 1 rings (SSSR count). The van der Waals surface area contributed by atoms with Crippen LogP contribution in [0.15, 0.2) is 18.2 Å². The second-order valence-electron chi connectivity index (χ2n) is 3.13. The average Bonchev–Trinajstić information content (AvgIpc) is 2.14. The van der Waals surface area contributed by atoms with Crippen LogP contribution in [0.3, 0.4) is 0 Å². The van der Waals surface area contributed by atoms with E-state index in [9.17, 15) is 0 Å². The highest BCUT2D eigenvalue weighted by atomic mass is 35.5. The standard InChI is InChI=1S/C10H15ClN2S/c1-13(5-6-14-2)10-4-3-8(12)7-9(10)11/h3-4,7H,5-6,12H2,1-2H3. The van der Waals surface area contributed by atoms with E-state index in [0.29, 0.717) is 10.7 Å². The Hall–Kier alpha value is -0.540. The third kappa shape index (κ3) is 3.00. The maximum Gasteiger partial charge on any atom is 0.0659 e. The molecule has 4 heteroatoms. The van der Waals surface area contributed by atoms with Gasteiger partial charge >= 0.3 is 0 Å². The molecule has 0 heterocycles. The van der Waals surface area contributed by atoms with E-state index in [0.717, 1.165) is 18.0 Å². The molecule has 0 radical (unpaired) electrons. The van der Waals surface area contributed by atoms with Gasteiger partial charge in [0.2, 0.25) is 0 Å². The molecule has 0 spiro atoms. The Balaban J connectivity index is 2.74. The molecule has 14 heavy (non-hydrogen) atoms. The van der Waals surface area contributed by atoms with Gasteiger partial charge in [-0.15, -0.1) is 0 Å². The van der Waals surface area contributed by atoms with Crippen LogP contribution in [-0.2, 0) is 0 Å². The highest BCUT2D eigenvalue weighted by Gasteiger charge is 2.05. The number of hydrogen-bond acceptors (Lipinski definition) is 3. The Bertz CT molecular complexity index is 304. The molecule has 78 valence electrons. The number of nitrogens with two attached hydrogens (primary N) is 1. The van der Waals surface area contributed by atoms with E-state index in [2.05, 4.69) is 11.2 Å². The molecule has 2 N–H and O–H groups in total. The first-order chi connectivity index (χ1) is 6.65. The fraction of sp³-hybridized carbons (Fsp3) is 0.400. The number of halogens is 1. The largest absolute Gasteiger partial charge is 0.399 e. The molecule has 0 aliphatic carbocycles. The van der Waals surface area contributed by atoms with Crippen molar-refractivity contribution < 1.29 is 0 Å². The number of nitrogen functional groups attached to an aromatic ring is 1. The minimum atomic E-state index is 0.706. The smallest absolute Gasteiger partial charge is 0.0659 e. The summed E-state index contributed by atoms with van der Waals surface area (Å²) in [5.74, 6) is 1.09. The first kappa shape index (κ1) is 11.5. The van der Waals surface area contributed by atoms with Crippen molar-refractivity contribution in [3.05, 3.63) is 23.2 Å². The minimum absolute atomic E-state index is 0.706. The number of rotatable bonds is 4. The van der Waals surface area contributed by atoms with Crippen molar-refractivity contribution in [3.8, 4) is 0 Å². The highest BCUT2D eigenvalue weighted by molar-refractivity contribution is 7.98. The van der Waals surface area contributed by atoms with Crippen LogP contribution in [0.2, 0.25) is 5.02 Å². The van der Waals surface area contributed by atoms with Crippen LogP contribution < -0.4 is 10.6 Å². The quantitative estimate of drug-likeness (QED) is 0.807. The maximum atomic E-state index is 6.07. The third-order valence-electron chi connectivity index (χ3n) is 2.01. The van der Waals surface area contributed by atoms with Gasteiger partial charge < -0.3 is 10.6 Å². The molecule has 1 aromatic rings. The molecule has 0 saturated carbocycles. The van der Waals surface area contributed by atoms with Gasteiger partial charge in [-0.2, -0.15) is 11.8 Å².